The lowest BCUT2D eigenvalue weighted by Crippen LogP contribution is -2.22. The fourth-order valence-corrected chi connectivity index (χ4v) is 5.09. The van der Waals surface area contributed by atoms with E-state index in [0.29, 0.717) is 6.54 Å². The van der Waals surface area contributed by atoms with E-state index in [9.17, 15) is 5.11 Å². The molecule has 6 heteroatoms. The van der Waals surface area contributed by atoms with Gasteiger partial charge in [-0.25, -0.2) is 4.98 Å². The van der Waals surface area contributed by atoms with Crippen LogP contribution in [-0.2, 0) is 12.8 Å². The maximum atomic E-state index is 9.35. The summed E-state index contributed by atoms with van der Waals surface area (Å²) in [7, 11) is 1.93. The molecule has 0 saturated heterocycles. The van der Waals surface area contributed by atoms with Gasteiger partial charge in [0.05, 0.1) is 12.0 Å². The lowest BCUT2D eigenvalue weighted by molar-refractivity contribution is 0.304. The van der Waals surface area contributed by atoms with Crippen LogP contribution in [0.1, 0.15) is 28.8 Å². The van der Waals surface area contributed by atoms with Gasteiger partial charge in [0.1, 0.15) is 10.6 Å². The summed E-state index contributed by atoms with van der Waals surface area (Å²) < 4.78 is 0. The van der Waals surface area contributed by atoms with Crippen molar-refractivity contribution in [2.24, 2.45) is 0 Å². The third-order valence-electron chi connectivity index (χ3n) is 5.12. The summed E-state index contributed by atoms with van der Waals surface area (Å²) >= 11 is 7.82. The van der Waals surface area contributed by atoms with Crippen molar-refractivity contribution >= 4 is 39.0 Å². The molecular weight excluding hydrogens is 366 g/mol. The number of fused-ring (bicyclic) bond motifs is 2. The van der Waals surface area contributed by atoms with Crippen LogP contribution < -0.4 is 4.90 Å². The number of anilines is 1. The molecule has 1 N–H and O–H groups in total. The normalized spacial score (nSPS) is 13.8. The first-order valence-electron chi connectivity index (χ1n) is 8.99. The van der Waals surface area contributed by atoms with E-state index in [2.05, 4.69) is 35.1 Å². The molecule has 0 unspecified atom stereocenters. The first-order valence-corrected chi connectivity index (χ1v) is 10.2. The van der Waals surface area contributed by atoms with Crippen LogP contribution in [0.5, 0.6) is 0 Å². The van der Waals surface area contributed by atoms with E-state index in [4.69, 9.17) is 11.6 Å². The quantitative estimate of drug-likeness (QED) is 0.663. The Kier molecular flexibility index (Phi) is 4.86. The highest BCUT2D eigenvalue weighted by atomic mass is 35.5. The van der Waals surface area contributed by atoms with Gasteiger partial charge in [-0.15, -0.1) is 11.3 Å². The number of nitrogens with zero attached hydrogens (tertiary/aromatic N) is 3. The molecule has 0 fully saturated rings. The van der Waals surface area contributed by atoms with Crippen LogP contribution in [0.4, 0.5) is 5.82 Å². The Morgan fingerprint density at radius 1 is 1.19 bits per heavy atom. The van der Waals surface area contributed by atoms with E-state index in [0.717, 1.165) is 22.5 Å². The summed E-state index contributed by atoms with van der Waals surface area (Å²) in [6.07, 6.45) is 4.89. The van der Waals surface area contributed by atoms with Gasteiger partial charge < -0.3 is 10.0 Å². The van der Waals surface area contributed by atoms with Crippen LogP contribution in [0.25, 0.3) is 21.3 Å². The second-order valence-electron chi connectivity index (χ2n) is 6.87. The molecule has 0 radical (unpaired) electrons. The van der Waals surface area contributed by atoms with Crippen molar-refractivity contribution in [3.05, 3.63) is 39.5 Å². The average molecular weight is 388 g/mol. The van der Waals surface area contributed by atoms with Gasteiger partial charge in [-0.2, -0.15) is 4.98 Å². The molecule has 0 bridgehead atoms. The fourth-order valence-electron chi connectivity index (χ4n) is 3.84. The number of benzene rings is 1. The molecule has 1 aromatic carbocycles. The number of aryl methyl sites for hydroxylation is 3. The molecule has 0 amide bonds. The standard InChI is InChI=1S/C20H22ClN3OS/c1-12-16(15-8-7-13-5-3-4-6-14(13)11-15)17-18(24(2)9-10-25)22-20(21)23-19(17)26-12/h7-8,11,25H,3-6,9-10H2,1-2H3. The number of halogens is 1. The Morgan fingerprint density at radius 2 is 1.96 bits per heavy atom. The van der Waals surface area contributed by atoms with Crippen molar-refractivity contribution < 1.29 is 5.11 Å². The van der Waals surface area contributed by atoms with Gasteiger partial charge in [-0.1, -0.05) is 18.2 Å². The number of hydrogen-bond acceptors (Lipinski definition) is 5. The van der Waals surface area contributed by atoms with Crippen molar-refractivity contribution in [1.82, 2.24) is 9.97 Å². The van der Waals surface area contributed by atoms with E-state index in [1.54, 1.807) is 11.3 Å². The van der Waals surface area contributed by atoms with Crippen molar-refractivity contribution in [3.8, 4) is 11.1 Å². The number of likely N-dealkylation sites (N-methyl/N-ethyl adjacent to an activating group) is 1. The molecular formula is C20H22ClN3OS. The van der Waals surface area contributed by atoms with Gasteiger partial charge in [0.2, 0.25) is 5.28 Å². The van der Waals surface area contributed by atoms with Crippen LogP contribution in [0, 0.1) is 6.92 Å². The van der Waals surface area contributed by atoms with Crippen LogP contribution in [0.2, 0.25) is 5.28 Å². The first kappa shape index (κ1) is 17.7. The highest BCUT2D eigenvalue weighted by Crippen LogP contribution is 2.42. The van der Waals surface area contributed by atoms with Gasteiger partial charge in [-0.05, 0) is 60.9 Å². The minimum Gasteiger partial charge on any atom is -0.395 e. The smallest absolute Gasteiger partial charge is 0.225 e. The average Bonchev–Trinajstić information content (AvgIpc) is 2.96. The summed E-state index contributed by atoms with van der Waals surface area (Å²) in [6.45, 7) is 2.70. The summed E-state index contributed by atoms with van der Waals surface area (Å²) in [5.74, 6) is 0.783. The van der Waals surface area contributed by atoms with Gasteiger partial charge in [0.25, 0.3) is 0 Å². The Morgan fingerprint density at radius 3 is 2.73 bits per heavy atom. The third kappa shape index (κ3) is 3.08. The molecule has 1 aliphatic carbocycles. The fraction of sp³-hybridized carbons (Fsp3) is 0.400. The van der Waals surface area contributed by atoms with Gasteiger partial charge in [0.15, 0.2) is 0 Å². The second-order valence-corrected chi connectivity index (χ2v) is 8.41. The van der Waals surface area contributed by atoms with Crippen LogP contribution in [0.3, 0.4) is 0 Å². The zero-order valence-corrected chi connectivity index (χ0v) is 16.6. The highest BCUT2D eigenvalue weighted by molar-refractivity contribution is 7.19. The Balaban J connectivity index is 1.93. The topological polar surface area (TPSA) is 49.2 Å². The largest absolute Gasteiger partial charge is 0.395 e. The molecule has 0 atom stereocenters. The molecule has 136 valence electrons. The number of aliphatic hydroxyl groups is 1. The number of thiophene rings is 1. The summed E-state index contributed by atoms with van der Waals surface area (Å²) in [5, 5.41) is 10.6. The minimum absolute atomic E-state index is 0.0664. The van der Waals surface area contributed by atoms with E-state index >= 15 is 0 Å². The maximum Gasteiger partial charge on any atom is 0.225 e. The zero-order chi connectivity index (χ0) is 18.3. The number of aromatic nitrogens is 2. The van der Waals surface area contributed by atoms with Crippen LogP contribution in [-0.4, -0.2) is 35.3 Å². The maximum absolute atomic E-state index is 9.35. The van der Waals surface area contributed by atoms with Crippen molar-refractivity contribution in [2.45, 2.75) is 32.6 Å². The third-order valence-corrected chi connectivity index (χ3v) is 6.28. The first-order chi connectivity index (χ1) is 12.6. The predicted molar refractivity (Wildman–Crippen MR) is 110 cm³/mol. The lowest BCUT2D eigenvalue weighted by atomic mass is 9.89. The number of rotatable bonds is 4. The molecule has 0 saturated carbocycles. The van der Waals surface area contributed by atoms with Gasteiger partial charge >= 0.3 is 0 Å². The molecule has 4 rings (SSSR count). The Bertz CT molecular complexity index is 969. The van der Waals surface area contributed by atoms with E-state index in [-0.39, 0.29) is 11.9 Å². The molecule has 0 spiro atoms. The summed E-state index contributed by atoms with van der Waals surface area (Å²) in [5.41, 5.74) is 5.36. The minimum atomic E-state index is 0.0664. The van der Waals surface area contributed by atoms with Gasteiger partial charge in [0, 0.05) is 24.0 Å². The monoisotopic (exact) mass is 387 g/mol. The molecule has 26 heavy (non-hydrogen) atoms. The van der Waals surface area contributed by atoms with Crippen molar-refractivity contribution in [1.29, 1.82) is 0 Å². The molecule has 2 heterocycles. The number of hydrogen-bond donors (Lipinski definition) is 1. The Hall–Kier alpha value is -1.69. The Labute approximate surface area is 162 Å². The van der Waals surface area contributed by atoms with Crippen LogP contribution >= 0.6 is 22.9 Å². The molecule has 4 nitrogen and oxygen atoms in total. The summed E-state index contributed by atoms with van der Waals surface area (Å²) in [6, 6.07) is 6.84. The van der Waals surface area contributed by atoms with Crippen molar-refractivity contribution in [3.63, 3.8) is 0 Å². The lowest BCUT2D eigenvalue weighted by Gasteiger charge is -2.20. The molecule has 2 aromatic heterocycles. The van der Waals surface area contributed by atoms with E-state index in [1.807, 2.05) is 11.9 Å². The van der Waals surface area contributed by atoms with E-state index < -0.39 is 0 Å². The molecule has 0 aliphatic heterocycles. The number of aliphatic hydroxyl groups excluding tert-OH is 1. The second kappa shape index (κ2) is 7.14. The zero-order valence-electron chi connectivity index (χ0n) is 15.0. The SMILES string of the molecule is Cc1sc2nc(Cl)nc(N(C)CCO)c2c1-c1ccc2c(c1)CCCC2. The van der Waals surface area contributed by atoms with Gasteiger partial charge in [-0.3, -0.25) is 0 Å². The molecule has 3 aromatic rings. The molecule has 1 aliphatic rings. The van der Waals surface area contributed by atoms with Crippen molar-refractivity contribution in [2.75, 3.05) is 25.1 Å². The van der Waals surface area contributed by atoms with Crippen LogP contribution in [0.15, 0.2) is 18.2 Å². The predicted octanol–water partition coefficient (Wildman–Crippen LogP) is 4.63. The van der Waals surface area contributed by atoms with E-state index in [1.165, 1.54) is 46.4 Å². The highest BCUT2D eigenvalue weighted by Gasteiger charge is 2.21. The summed E-state index contributed by atoms with van der Waals surface area (Å²) in [4.78, 5) is 13.0.